The van der Waals surface area contributed by atoms with Gasteiger partial charge in [0.25, 0.3) is 11.6 Å². The predicted molar refractivity (Wildman–Crippen MR) is 128 cm³/mol. The van der Waals surface area contributed by atoms with E-state index in [1.807, 2.05) is 6.92 Å². The molecule has 2 atom stereocenters. The van der Waals surface area contributed by atoms with Crippen molar-refractivity contribution in [3.8, 4) is 0 Å². The molecule has 1 heterocycles. The molecule has 9 nitrogen and oxygen atoms in total. The Hall–Kier alpha value is -3.46. The van der Waals surface area contributed by atoms with Gasteiger partial charge in [-0.2, -0.15) is 0 Å². The maximum Gasteiger partial charge on any atom is 0.293 e. The minimum atomic E-state index is -0.581. The first kappa shape index (κ1) is 23.7. The van der Waals surface area contributed by atoms with Crippen LogP contribution in [0.2, 0.25) is 5.02 Å². The summed E-state index contributed by atoms with van der Waals surface area (Å²) in [5.41, 5.74) is 1.38. The lowest BCUT2D eigenvalue weighted by molar-refractivity contribution is -0.384. The number of hydrogen-bond acceptors (Lipinski definition) is 6. The van der Waals surface area contributed by atoms with Gasteiger partial charge in [-0.05, 0) is 49.6 Å². The summed E-state index contributed by atoms with van der Waals surface area (Å²) in [6.07, 6.45) is 3.39. The number of hydrogen-bond donors (Lipinski definition) is 2. The standard InChI is InChI=1S/C24H25ClN4O5/c1-14-6-8-16(13-19(14)25)27-22(30)15-7-9-20(21(12-15)29(33)34)26-10-11-28-23(31)17-4-2-3-5-18(17)24(28)32/h6-9,12-13,17-18,26H,2-5,10-11H2,1H3,(H,27,30)/t17-,18-/m0/s1. The highest BCUT2D eigenvalue weighted by atomic mass is 35.5. The Morgan fingerprint density at radius 1 is 1.12 bits per heavy atom. The number of halogens is 1. The highest BCUT2D eigenvalue weighted by Crippen LogP contribution is 2.38. The summed E-state index contributed by atoms with van der Waals surface area (Å²) < 4.78 is 0. The minimum Gasteiger partial charge on any atom is -0.378 e. The number of nitrogens with zero attached hydrogens (tertiary/aromatic N) is 2. The van der Waals surface area contributed by atoms with Crippen molar-refractivity contribution in [3.05, 3.63) is 62.7 Å². The molecule has 1 aliphatic heterocycles. The number of carbonyl (C=O) groups excluding carboxylic acids is 3. The third-order valence-electron chi connectivity index (χ3n) is 6.47. The van der Waals surface area contributed by atoms with E-state index in [0.717, 1.165) is 31.2 Å². The first-order valence-corrected chi connectivity index (χ1v) is 11.6. The van der Waals surface area contributed by atoms with Crippen LogP contribution in [0.5, 0.6) is 0 Å². The molecule has 1 aliphatic carbocycles. The second-order valence-electron chi connectivity index (χ2n) is 8.66. The average Bonchev–Trinajstić information content (AvgIpc) is 3.06. The zero-order valence-electron chi connectivity index (χ0n) is 18.7. The van der Waals surface area contributed by atoms with Gasteiger partial charge in [0.1, 0.15) is 5.69 Å². The Labute approximate surface area is 201 Å². The number of nitro benzene ring substituents is 1. The molecule has 3 amide bonds. The predicted octanol–water partition coefficient (Wildman–Crippen LogP) is 4.40. The summed E-state index contributed by atoms with van der Waals surface area (Å²) >= 11 is 6.09. The van der Waals surface area contributed by atoms with Crippen LogP contribution in [0, 0.1) is 28.9 Å². The van der Waals surface area contributed by atoms with E-state index in [0.29, 0.717) is 10.7 Å². The number of likely N-dealkylation sites (tertiary alicyclic amines) is 1. The van der Waals surface area contributed by atoms with E-state index in [4.69, 9.17) is 11.6 Å². The van der Waals surface area contributed by atoms with Crippen LogP contribution in [0.1, 0.15) is 41.6 Å². The van der Waals surface area contributed by atoms with Gasteiger partial charge in [-0.25, -0.2) is 0 Å². The fourth-order valence-electron chi connectivity index (χ4n) is 4.60. The molecule has 1 saturated heterocycles. The molecular formula is C24H25ClN4O5. The minimum absolute atomic E-state index is 0.114. The van der Waals surface area contributed by atoms with E-state index in [2.05, 4.69) is 10.6 Å². The molecule has 0 bridgehead atoms. The molecule has 178 valence electrons. The first-order chi connectivity index (χ1) is 16.3. The van der Waals surface area contributed by atoms with Gasteiger partial charge in [-0.3, -0.25) is 29.4 Å². The molecule has 0 unspecified atom stereocenters. The molecule has 34 heavy (non-hydrogen) atoms. The van der Waals surface area contributed by atoms with Gasteiger partial charge in [0.15, 0.2) is 0 Å². The Balaban J connectivity index is 1.42. The van der Waals surface area contributed by atoms with Crippen molar-refractivity contribution >= 4 is 46.4 Å². The van der Waals surface area contributed by atoms with E-state index in [1.54, 1.807) is 18.2 Å². The van der Waals surface area contributed by atoms with Crippen molar-refractivity contribution in [1.29, 1.82) is 0 Å². The number of nitrogens with one attached hydrogen (secondary N) is 2. The number of benzene rings is 2. The number of anilines is 2. The van der Waals surface area contributed by atoms with Crippen LogP contribution in [0.15, 0.2) is 36.4 Å². The van der Waals surface area contributed by atoms with Gasteiger partial charge in [0, 0.05) is 35.4 Å². The lowest BCUT2D eigenvalue weighted by Gasteiger charge is -2.19. The van der Waals surface area contributed by atoms with Crippen LogP contribution in [0.25, 0.3) is 0 Å². The molecule has 2 aliphatic rings. The second-order valence-corrected chi connectivity index (χ2v) is 9.07. The van der Waals surface area contributed by atoms with Gasteiger partial charge in [0.05, 0.1) is 16.8 Å². The number of amides is 3. The molecule has 10 heteroatoms. The zero-order valence-corrected chi connectivity index (χ0v) is 19.4. The fourth-order valence-corrected chi connectivity index (χ4v) is 4.78. The number of fused-ring (bicyclic) bond motifs is 1. The zero-order chi connectivity index (χ0) is 24.4. The number of imide groups is 1. The monoisotopic (exact) mass is 484 g/mol. The lowest BCUT2D eigenvalue weighted by Crippen LogP contribution is -2.35. The average molecular weight is 485 g/mol. The van der Waals surface area contributed by atoms with Gasteiger partial charge in [-0.15, -0.1) is 0 Å². The van der Waals surface area contributed by atoms with Gasteiger partial charge >= 0.3 is 0 Å². The van der Waals surface area contributed by atoms with E-state index < -0.39 is 10.8 Å². The third kappa shape index (κ3) is 4.75. The van der Waals surface area contributed by atoms with Crippen LogP contribution in [0.4, 0.5) is 17.1 Å². The van der Waals surface area contributed by atoms with Crippen LogP contribution in [-0.4, -0.2) is 40.6 Å². The number of rotatable bonds is 7. The molecule has 1 saturated carbocycles. The third-order valence-corrected chi connectivity index (χ3v) is 6.88. The van der Waals surface area contributed by atoms with E-state index in [1.165, 1.54) is 23.1 Å². The van der Waals surface area contributed by atoms with Crippen molar-refractivity contribution in [2.75, 3.05) is 23.7 Å². The van der Waals surface area contributed by atoms with Crippen LogP contribution in [0.3, 0.4) is 0 Å². The number of carbonyl (C=O) groups is 3. The first-order valence-electron chi connectivity index (χ1n) is 11.2. The quantitative estimate of drug-likeness (QED) is 0.341. The lowest BCUT2D eigenvalue weighted by atomic mass is 9.81. The molecule has 0 radical (unpaired) electrons. The molecule has 2 fully saturated rings. The Bertz CT molecular complexity index is 1140. The van der Waals surface area contributed by atoms with Crippen molar-refractivity contribution in [2.45, 2.75) is 32.6 Å². The summed E-state index contributed by atoms with van der Waals surface area (Å²) in [7, 11) is 0. The SMILES string of the molecule is Cc1ccc(NC(=O)c2ccc(NCCN3C(=O)[C@H]4CCCC[C@@H]4C3=O)c([N+](=O)[O-])c2)cc1Cl. The van der Waals surface area contributed by atoms with E-state index >= 15 is 0 Å². The molecule has 2 aromatic rings. The normalized spacial score (nSPS) is 19.6. The smallest absolute Gasteiger partial charge is 0.293 e. The van der Waals surface area contributed by atoms with Crippen molar-refractivity contribution in [1.82, 2.24) is 4.90 Å². The van der Waals surface area contributed by atoms with Gasteiger partial charge in [0.2, 0.25) is 11.8 Å². The van der Waals surface area contributed by atoms with E-state index in [9.17, 15) is 24.5 Å². The number of aryl methyl sites for hydroxylation is 1. The Morgan fingerprint density at radius 3 is 2.41 bits per heavy atom. The van der Waals surface area contributed by atoms with Crippen molar-refractivity contribution in [3.63, 3.8) is 0 Å². The number of nitro groups is 1. The summed E-state index contributed by atoms with van der Waals surface area (Å²) in [4.78, 5) is 50.1. The Kier molecular flexibility index (Phi) is 6.83. The van der Waals surface area contributed by atoms with Gasteiger partial charge < -0.3 is 10.6 Å². The summed E-state index contributed by atoms with van der Waals surface area (Å²) in [6, 6.07) is 9.17. The highest BCUT2D eigenvalue weighted by molar-refractivity contribution is 6.31. The molecule has 2 N–H and O–H groups in total. The summed E-state index contributed by atoms with van der Waals surface area (Å²) in [5, 5.41) is 17.7. The fraction of sp³-hybridized carbons (Fsp3) is 0.375. The van der Waals surface area contributed by atoms with E-state index in [-0.39, 0.29) is 53.7 Å². The maximum atomic E-state index is 12.6. The molecule has 0 spiro atoms. The van der Waals surface area contributed by atoms with Crippen molar-refractivity contribution < 1.29 is 19.3 Å². The van der Waals surface area contributed by atoms with Crippen LogP contribution in [-0.2, 0) is 9.59 Å². The molecule has 4 rings (SSSR count). The van der Waals surface area contributed by atoms with Gasteiger partial charge in [-0.1, -0.05) is 30.5 Å². The topological polar surface area (TPSA) is 122 Å². The summed E-state index contributed by atoms with van der Waals surface area (Å²) in [5.74, 6) is -1.25. The van der Waals surface area contributed by atoms with Crippen LogP contribution >= 0.6 is 11.6 Å². The maximum absolute atomic E-state index is 12.6. The molecule has 2 aromatic carbocycles. The Morgan fingerprint density at radius 2 is 1.79 bits per heavy atom. The molecular weight excluding hydrogens is 460 g/mol. The van der Waals surface area contributed by atoms with Crippen molar-refractivity contribution in [2.24, 2.45) is 11.8 Å². The largest absolute Gasteiger partial charge is 0.378 e. The van der Waals surface area contributed by atoms with Crippen LogP contribution < -0.4 is 10.6 Å². The highest BCUT2D eigenvalue weighted by Gasteiger charge is 2.47. The molecule has 0 aromatic heterocycles. The second kappa shape index (κ2) is 9.80. The summed E-state index contributed by atoms with van der Waals surface area (Å²) in [6.45, 7) is 2.15.